The Morgan fingerprint density at radius 2 is 1.88 bits per heavy atom. The Morgan fingerprint density at radius 1 is 1.21 bits per heavy atom. The van der Waals surface area contributed by atoms with Crippen molar-refractivity contribution in [1.82, 2.24) is 15.0 Å². The van der Waals surface area contributed by atoms with Crippen molar-refractivity contribution in [2.24, 2.45) is 0 Å². The van der Waals surface area contributed by atoms with E-state index in [1.807, 2.05) is 0 Å². The quantitative estimate of drug-likeness (QED) is 0.745. The molecule has 24 heavy (non-hydrogen) atoms. The van der Waals surface area contributed by atoms with Gasteiger partial charge in [-0.25, -0.2) is 0 Å². The van der Waals surface area contributed by atoms with Gasteiger partial charge in [0.2, 0.25) is 11.7 Å². The van der Waals surface area contributed by atoms with Gasteiger partial charge in [-0.05, 0) is 25.0 Å². The summed E-state index contributed by atoms with van der Waals surface area (Å²) in [5, 5.41) is 3.82. The molecular weight excluding hydrogens is 359 g/mol. The van der Waals surface area contributed by atoms with Crippen molar-refractivity contribution >= 4 is 28.3 Å². The third-order valence-corrected chi connectivity index (χ3v) is 5.13. The highest BCUT2D eigenvalue weighted by atomic mass is 32.2. The molecule has 0 bridgehead atoms. The molecule has 3 rings (SSSR count). The van der Waals surface area contributed by atoms with Crippen LogP contribution in [-0.4, -0.2) is 32.5 Å². The van der Waals surface area contributed by atoms with Crippen LogP contribution in [0.2, 0.25) is 0 Å². The Labute approximate surface area is 146 Å². The highest BCUT2D eigenvalue weighted by molar-refractivity contribution is 8.22. The summed E-state index contributed by atoms with van der Waals surface area (Å²) in [4.78, 5) is 6.36. The number of rotatable bonds is 3. The molecule has 2 aromatic rings. The molecule has 1 aromatic carbocycles. The maximum absolute atomic E-state index is 12.6. The number of thiocarbonyl (C=S) groups is 1. The third-order valence-electron chi connectivity index (χ3n) is 3.62. The fraction of sp³-hybridized carbons (Fsp3) is 0.400. The van der Waals surface area contributed by atoms with Gasteiger partial charge in [-0.2, -0.15) is 18.2 Å². The van der Waals surface area contributed by atoms with Gasteiger partial charge in [0.05, 0.1) is 11.3 Å². The Morgan fingerprint density at radius 3 is 2.50 bits per heavy atom. The molecule has 4 nitrogen and oxygen atoms in total. The molecule has 1 saturated heterocycles. The molecule has 0 unspecified atom stereocenters. The van der Waals surface area contributed by atoms with E-state index in [0.717, 1.165) is 42.4 Å². The van der Waals surface area contributed by atoms with Gasteiger partial charge in [0.1, 0.15) is 4.32 Å². The zero-order chi connectivity index (χ0) is 17.2. The van der Waals surface area contributed by atoms with E-state index in [-0.39, 0.29) is 5.82 Å². The van der Waals surface area contributed by atoms with Crippen LogP contribution in [0.5, 0.6) is 0 Å². The Hall–Kier alpha value is -1.61. The molecule has 128 valence electrons. The molecule has 0 spiro atoms. The van der Waals surface area contributed by atoms with Crippen molar-refractivity contribution in [3.8, 4) is 11.4 Å². The number of hydrogen-bond acceptors (Lipinski definition) is 5. The first kappa shape index (κ1) is 17.2. The lowest BCUT2D eigenvalue weighted by molar-refractivity contribution is -0.137. The van der Waals surface area contributed by atoms with Gasteiger partial charge < -0.3 is 9.42 Å². The highest BCUT2D eigenvalue weighted by Crippen LogP contribution is 2.30. The molecular formula is C15H14F3N3OS2. The molecule has 1 fully saturated rings. The number of halogens is 3. The SMILES string of the molecule is FC(F)(F)c1ccc(-c2noc(CSC(=S)N3CCCC3)n2)cc1. The van der Waals surface area contributed by atoms with E-state index in [9.17, 15) is 13.2 Å². The maximum Gasteiger partial charge on any atom is 0.416 e. The van der Waals surface area contributed by atoms with Gasteiger partial charge >= 0.3 is 6.18 Å². The van der Waals surface area contributed by atoms with Crippen LogP contribution in [-0.2, 0) is 11.9 Å². The fourth-order valence-corrected chi connectivity index (χ4v) is 3.44. The first-order valence-corrected chi connectivity index (χ1v) is 8.75. The lowest BCUT2D eigenvalue weighted by atomic mass is 10.1. The maximum atomic E-state index is 12.6. The van der Waals surface area contributed by atoms with E-state index in [2.05, 4.69) is 15.0 Å². The summed E-state index contributed by atoms with van der Waals surface area (Å²) in [5.41, 5.74) is -0.230. The minimum Gasteiger partial charge on any atom is -0.358 e. The fourth-order valence-electron chi connectivity index (χ4n) is 2.35. The van der Waals surface area contributed by atoms with Crippen molar-refractivity contribution in [3.05, 3.63) is 35.7 Å². The van der Waals surface area contributed by atoms with Crippen LogP contribution in [0.3, 0.4) is 0 Å². The molecule has 0 amide bonds. The van der Waals surface area contributed by atoms with Crippen LogP contribution < -0.4 is 0 Å². The van der Waals surface area contributed by atoms with Crippen molar-refractivity contribution in [2.75, 3.05) is 13.1 Å². The zero-order valence-corrected chi connectivity index (χ0v) is 14.2. The number of likely N-dealkylation sites (tertiary alicyclic amines) is 1. The normalized spacial score (nSPS) is 15.0. The number of aromatic nitrogens is 2. The summed E-state index contributed by atoms with van der Waals surface area (Å²) in [7, 11) is 0. The van der Waals surface area contributed by atoms with E-state index in [1.165, 1.54) is 23.9 Å². The second-order valence-corrected chi connectivity index (χ2v) is 6.94. The van der Waals surface area contributed by atoms with Crippen molar-refractivity contribution in [2.45, 2.75) is 24.8 Å². The molecule has 9 heteroatoms. The zero-order valence-electron chi connectivity index (χ0n) is 12.5. The molecule has 0 aliphatic carbocycles. The lowest BCUT2D eigenvalue weighted by Gasteiger charge is -2.16. The van der Waals surface area contributed by atoms with Crippen LogP contribution in [0.4, 0.5) is 13.2 Å². The standard InChI is InChI=1S/C15H14F3N3OS2/c16-15(17,18)11-5-3-10(4-6-11)13-19-12(22-20-13)9-24-14(23)21-7-1-2-8-21/h3-6H,1-2,7-9H2. The molecule has 0 saturated carbocycles. The average molecular weight is 373 g/mol. The van der Waals surface area contributed by atoms with E-state index >= 15 is 0 Å². The second kappa shape index (κ2) is 7.10. The van der Waals surface area contributed by atoms with Crippen molar-refractivity contribution in [3.63, 3.8) is 0 Å². The second-order valence-electron chi connectivity index (χ2n) is 5.34. The molecule has 1 aliphatic rings. The number of thioether (sulfide) groups is 1. The molecule has 2 heterocycles. The van der Waals surface area contributed by atoms with E-state index in [0.29, 0.717) is 17.2 Å². The summed E-state index contributed by atoms with van der Waals surface area (Å²) < 4.78 is 43.6. The largest absolute Gasteiger partial charge is 0.416 e. The molecule has 0 atom stereocenters. The predicted molar refractivity (Wildman–Crippen MR) is 89.4 cm³/mol. The lowest BCUT2D eigenvalue weighted by Crippen LogP contribution is -2.23. The molecule has 1 aliphatic heterocycles. The topological polar surface area (TPSA) is 42.2 Å². The van der Waals surface area contributed by atoms with Crippen LogP contribution in [0, 0.1) is 0 Å². The van der Waals surface area contributed by atoms with E-state index in [4.69, 9.17) is 16.7 Å². The predicted octanol–water partition coefficient (Wildman–Crippen LogP) is 4.37. The van der Waals surface area contributed by atoms with Gasteiger partial charge in [-0.15, -0.1) is 0 Å². The average Bonchev–Trinajstić information content (AvgIpc) is 3.23. The van der Waals surface area contributed by atoms with Gasteiger partial charge in [0.15, 0.2) is 0 Å². The summed E-state index contributed by atoms with van der Waals surface area (Å²) in [6.45, 7) is 1.96. The monoisotopic (exact) mass is 373 g/mol. The van der Waals surface area contributed by atoms with E-state index < -0.39 is 11.7 Å². The number of benzene rings is 1. The molecule has 1 aromatic heterocycles. The van der Waals surface area contributed by atoms with Crippen LogP contribution in [0.15, 0.2) is 28.8 Å². The summed E-state index contributed by atoms with van der Waals surface area (Å²) in [6.07, 6.45) is -2.05. The molecule has 0 radical (unpaired) electrons. The van der Waals surface area contributed by atoms with Crippen molar-refractivity contribution < 1.29 is 17.7 Å². The summed E-state index contributed by atoms with van der Waals surface area (Å²) in [6, 6.07) is 4.67. The van der Waals surface area contributed by atoms with Crippen LogP contribution in [0.1, 0.15) is 24.3 Å². The summed E-state index contributed by atoms with van der Waals surface area (Å²) >= 11 is 6.81. The first-order chi connectivity index (χ1) is 11.4. The third kappa shape index (κ3) is 4.07. The van der Waals surface area contributed by atoms with Gasteiger partial charge in [-0.1, -0.05) is 41.3 Å². The molecule has 0 N–H and O–H groups in total. The minimum atomic E-state index is -4.36. The van der Waals surface area contributed by atoms with Crippen molar-refractivity contribution in [1.29, 1.82) is 0 Å². The Kier molecular flexibility index (Phi) is 5.09. The van der Waals surface area contributed by atoms with Crippen LogP contribution >= 0.6 is 24.0 Å². The number of alkyl halides is 3. The van der Waals surface area contributed by atoms with Crippen LogP contribution in [0.25, 0.3) is 11.4 Å². The Balaban J connectivity index is 1.61. The Bertz CT molecular complexity index is 709. The van der Waals surface area contributed by atoms with Gasteiger partial charge in [0.25, 0.3) is 0 Å². The van der Waals surface area contributed by atoms with E-state index in [1.54, 1.807) is 0 Å². The first-order valence-electron chi connectivity index (χ1n) is 7.35. The summed E-state index contributed by atoms with van der Waals surface area (Å²) in [5.74, 6) is 1.12. The highest BCUT2D eigenvalue weighted by Gasteiger charge is 2.30. The van der Waals surface area contributed by atoms with Gasteiger partial charge in [-0.3, -0.25) is 0 Å². The van der Waals surface area contributed by atoms with Gasteiger partial charge in [0, 0.05) is 18.7 Å². The minimum absolute atomic E-state index is 0.270. The number of nitrogens with zero attached hydrogens (tertiary/aromatic N) is 3. The smallest absolute Gasteiger partial charge is 0.358 e. The number of hydrogen-bond donors (Lipinski definition) is 0.